The standard InChI is InChI=1S/C16H25N3O2/c1-13-8-15(10-17-9-13)18-14-2-4-19(5-3-14)11-16-12-20-6-7-21-16/h8-10,14,16,18H,2-7,11-12H2,1H3. The van der Waals surface area contributed by atoms with Crippen molar-refractivity contribution in [3.05, 3.63) is 24.0 Å². The van der Waals surface area contributed by atoms with E-state index in [4.69, 9.17) is 9.47 Å². The summed E-state index contributed by atoms with van der Waals surface area (Å²) in [6.07, 6.45) is 6.39. The quantitative estimate of drug-likeness (QED) is 0.914. The number of rotatable bonds is 4. The second-order valence-corrected chi connectivity index (χ2v) is 6.04. The molecule has 1 N–H and O–H groups in total. The highest BCUT2D eigenvalue weighted by Crippen LogP contribution is 2.17. The maximum atomic E-state index is 5.73. The highest BCUT2D eigenvalue weighted by molar-refractivity contribution is 5.43. The van der Waals surface area contributed by atoms with Crippen LogP contribution >= 0.6 is 0 Å². The van der Waals surface area contributed by atoms with Crippen LogP contribution in [-0.4, -0.2) is 61.5 Å². The summed E-state index contributed by atoms with van der Waals surface area (Å²) in [7, 11) is 0. The fourth-order valence-electron chi connectivity index (χ4n) is 3.06. The molecule has 0 saturated carbocycles. The van der Waals surface area contributed by atoms with Crippen molar-refractivity contribution in [2.75, 3.05) is 44.8 Å². The summed E-state index contributed by atoms with van der Waals surface area (Å²) >= 11 is 0. The SMILES string of the molecule is Cc1cncc(NC2CCN(CC3COCCO3)CC2)c1. The van der Waals surface area contributed by atoms with E-state index in [0.717, 1.165) is 45.1 Å². The molecule has 21 heavy (non-hydrogen) atoms. The van der Waals surface area contributed by atoms with Gasteiger partial charge in [-0.1, -0.05) is 0 Å². The van der Waals surface area contributed by atoms with E-state index in [-0.39, 0.29) is 6.10 Å². The molecule has 0 aromatic carbocycles. The molecule has 0 spiro atoms. The molecule has 0 amide bonds. The van der Waals surface area contributed by atoms with Gasteiger partial charge >= 0.3 is 0 Å². The van der Waals surface area contributed by atoms with Gasteiger partial charge in [0, 0.05) is 38.1 Å². The van der Waals surface area contributed by atoms with E-state index in [2.05, 4.69) is 28.2 Å². The lowest BCUT2D eigenvalue weighted by Gasteiger charge is -2.35. The summed E-state index contributed by atoms with van der Waals surface area (Å²) < 4.78 is 11.2. The summed E-state index contributed by atoms with van der Waals surface area (Å²) in [6, 6.07) is 2.71. The van der Waals surface area contributed by atoms with Crippen molar-refractivity contribution >= 4 is 5.69 Å². The maximum absolute atomic E-state index is 5.73. The molecule has 5 heteroatoms. The number of aryl methyl sites for hydroxylation is 1. The number of hydrogen-bond donors (Lipinski definition) is 1. The van der Waals surface area contributed by atoms with Gasteiger partial charge in [0.25, 0.3) is 0 Å². The van der Waals surface area contributed by atoms with Crippen LogP contribution in [0.25, 0.3) is 0 Å². The van der Waals surface area contributed by atoms with Crippen LogP contribution in [0.3, 0.4) is 0 Å². The van der Waals surface area contributed by atoms with Gasteiger partial charge in [-0.3, -0.25) is 4.98 Å². The molecule has 2 aliphatic rings. The fourth-order valence-corrected chi connectivity index (χ4v) is 3.06. The van der Waals surface area contributed by atoms with Crippen LogP contribution in [0.5, 0.6) is 0 Å². The van der Waals surface area contributed by atoms with Gasteiger partial charge in [0.05, 0.1) is 31.6 Å². The molecule has 3 heterocycles. The smallest absolute Gasteiger partial charge is 0.0936 e. The van der Waals surface area contributed by atoms with Crippen molar-refractivity contribution in [3.8, 4) is 0 Å². The summed E-state index contributed by atoms with van der Waals surface area (Å²) in [5.41, 5.74) is 2.34. The minimum absolute atomic E-state index is 0.254. The molecule has 2 aliphatic heterocycles. The number of piperidine rings is 1. The number of nitrogens with zero attached hydrogens (tertiary/aromatic N) is 2. The molecule has 1 atom stereocenters. The topological polar surface area (TPSA) is 46.6 Å². The van der Waals surface area contributed by atoms with Gasteiger partial charge in [-0.05, 0) is 31.4 Å². The molecule has 3 rings (SSSR count). The van der Waals surface area contributed by atoms with Gasteiger partial charge in [-0.15, -0.1) is 0 Å². The molecule has 1 unspecified atom stereocenters. The predicted molar refractivity (Wildman–Crippen MR) is 82.6 cm³/mol. The Morgan fingerprint density at radius 2 is 2.14 bits per heavy atom. The van der Waals surface area contributed by atoms with Crippen LogP contribution in [0.1, 0.15) is 18.4 Å². The summed E-state index contributed by atoms with van der Waals surface area (Å²) in [5, 5.41) is 3.60. The largest absolute Gasteiger partial charge is 0.381 e. The Hall–Kier alpha value is -1.17. The van der Waals surface area contributed by atoms with E-state index >= 15 is 0 Å². The van der Waals surface area contributed by atoms with E-state index < -0.39 is 0 Å². The van der Waals surface area contributed by atoms with Gasteiger partial charge in [-0.25, -0.2) is 0 Å². The molecule has 116 valence electrons. The summed E-state index contributed by atoms with van der Waals surface area (Å²) in [6.45, 7) is 7.54. The Morgan fingerprint density at radius 3 is 2.86 bits per heavy atom. The summed E-state index contributed by atoms with van der Waals surface area (Å²) in [4.78, 5) is 6.73. The first kappa shape index (κ1) is 14.8. The number of likely N-dealkylation sites (tertiary alicyclic amines) is 1. The molecule has 5 nitrogen and oxygen atoms in total. The Labute approximate surface area is 126 Å². The predicted octanol–water partition coefficient (Wildman–Crippen LogP) is 1.68. The molecular weight excluding hydrogens is 266 g/mol. The van der Waals surface area contributed by atoms with E-state index in [1.165, 1.54) is 18.4 Å². The van der Waals surface area contributed by atoms with Gasteiger partial charge in [0.2, 0.25) is 0 Å². The van der Waals surface area contributed by atoms with Crippen LogP contribution in [0.4, 0.5) is 5.69 Å². The number of hydrogen-bond acceptors (Lipinski definition) is 5. The first-order valence-electron chi connectivity index (χ1n) is 7.89. The molecule has 2 saturated heterocycles. The van der Waals surface area contributed by atoms with Crippen LogP contribution in [0.15, 0.2) is 18.5 Å². The maximum Gasteiger partial charge on any atom is 0.0936 e. The molecular formula is C16H25N3O2. The third-order valence-corrected chi connectivity index (χ3v) is 4.18. The van der Waals surface area contributed by atoms with Gasteiger partial charge in [0.15, 0.2) is 0 Å². The summed E-state index contributed by atoms with van der Waals surface area (Å²) in [5.74, 6) is 0. The van der Waals surface area contributed by atoms with Crippen molar-refractivity contribution in [2.24, 2.45) is 0 Å². The van der Waals surface area contributed by atoms with Crippen LogP contribution in [-0.2, 0) is 9.47 Å². The Balaban J connectivity index is 1.42. The Morgan fingerprint density at radius 1 is 1.29 bits per heavy atom. The van der Waals surface area contributed by atoms with E-state index in [1.54, 1.807) is 0 Å². The van der Waals surface area contributed by atoms with Crippen LogP contribution < -0.4 is 5.32 Å². The molecule has 2 fully saturated rings. The minimum atomic E-state index is 0.254. The number of ether oxygens (including phenoxy) is 2. The van der Waals surface area contributed by atoms with Crippen molar-refractivity contribution in [1.82, 2.24) is 9.88 Å². The Bertz CT molecular complexity index is 441. The van der Waals surface area contributed by atoms with E-state index in [0.29, 0.717) is 6.04 Å². The van der Waals surface area contributed by atoms with Crippen molar-refractivity contribution in [1.29, 1.82) is 0 Å². The van der Waals surface area contributed by atoms with Crippen LogP contribution in [0.2, 0.25) is 0 Å². The lowest BCUT2D eigenvalue weighted by Crippen LogP contribution is -2.45. The number of nitrogens with one attached hydrogen (secondary N) is 1. The van der Waals surface area contributed by atoms with Gasteiger partial charge in [-0.2, -0.15) is 0 Å². The lowest BCUT2D eigenvalue weighted by molar-refractivity contribution is -0.0986. The molecule has 0 aliphatic carbocycles. The number of aromatic nitrogens is 1. The molecule has 1 aromatic rings. The normalized spacial score (nSPS) is 24.9. The zero-order valence-corrected chi connectivity index (χ0v) is 12.8. The average molecular weight is 291 g/mol. The van der Waals surface area contributed by atoms with Crippen molar-refractivity contribution in [3.63, 3.8) is 0 Å². The molecule has 1 aromatic heterocycles. The minimum Gasteiger partial charge on any atom is -0.381 e. The third kappa shape index (κ3) is 4.40. The fraction of sp³-hybridized carbons (Fsp3) is 0.688. The number of anilines is 1. The second-order valence-electron chi connectivity index (χ2n) is 6.04. The first-order valence-corrected chi connectivity index (χ1v) is 7.89. The molecule has 0 bridgehead atoms. The first-order chi connectivity index (χ1) is 10.3. The van der Waals surface area contributed by atoms with E-state index in [9.17, 15) is 0 Å². The van der Waals surface area contributed by atoms with Crippen LogP contribution in [0, 0.1) is 6.92 Å². The zero-order valence-electron chi connectivity index (χ0n) is 12.8. The monoisotopic (exact) mass is 291 g/mol. The number of pyridine rings is 1. The van der Waals surface area contributed by atoms with Crippen molar-refractivity contribution in [2.45, 2.75) is 31.9 Å². The highest BCUT2D eigenvalue weighted by Gasteiger charge is 2.23. The Kier molecular flexibility index (Phi) is 5.06. The highest BCUT2D eigenvalue weighted by atomic mass is 16.6. The zero-order chi connectivity index (χ0) is 14.5. The second kappa shape index (κ2) is 7.20. The molecule has 0 radical (unpaired) electrons. The van der Waals surface area contributed by atoms with Crippen molar-refractivity contribution < 1.29 is 9.47 Å². The van der Waals surface area contributed by atoms with E-state index in [1.807, 2.05) is 12.4 Å². The van der Waals surface area contributed by atoms with Gasteiger partial charge in [0.1, 0.15) is 0 Å². The van der Waals surface area contributed by atoms with Gasteiger partial charge < -0.3 is 19.7 Å². The lowest BCUT2D eigenvalue weighted by atomic mass is 10.0. The third-order valence-electron chi connectivity index (χ3n) is 4.18. The average Bonchev–Trinajstić information content (AvgIpc) is 2.50.